The first-order chi connectivity index (χ1) is 9.71. The SMILES string of the molecule is CCNc1cc(OCc2cccc(OC)c2)nc(C)n1. The van der Waals surface area contributed by atoms with E-state index in [1.165, 1.54) is 0 Å². The molecule has 0 aliphatic carbocycles. The molecule has 5 heteroatoms. The van der Waals surface area contributed by atoms with Gasteiger partial charge in [0.25, 0.3) is 0 Å². The van der Waals surface area contributed by atoms with Crippen LogP contribution in [-0.2, 0) is 6.61 Å². The highest BCUT2D eigenvalue weighted by atomic mass is 16.5. The molecule has 0 saturated heterocycles. The van der Waals surface area contributed by atoms with Gasteiger partial charge in [-0.15, -0.1) is 0 Å². The lowest BCUT2D eigenvalue weighted by Gasteiger charge is -2.09. The number of aromatic nitrogens is 2. The summed E-state index contributed by atoms with van der Waals surface area (Å²) in [5, 5.41) is 3.15. The number of aryl methyl sites for hydroxylation is 1. The van der Waals surface area contributed by atoms with Gasteiger partial charge in [0.05, 0.1) is 7.11 Å². The number of nitrogens with one attached hydrogen (secondary N) is 1. The van der Waals surface area contributed by atoms with E-state index in [0.717, 1.165) is 23.7 Å². The van der Waals surface area contributed by atoms with Crippen molar-refractivity contribution in [3.8, 4) is 11.6 Å². The Morgan fingerprint density at radius 3 is 2.80 bits per heavy atom. The van der Waals surface area contributed by atoms with Gasteiger partial charge in [-0.05, 0) is 31.5 Å². The van der Waals surface area contributed by atoms with Gasteiger partial charge in [-0.25, -0.2) is 4.98 Å². The van der Waals surface area contributed by atoms with Gasteiger partial charge in [0, 0.05) is 12.6 Å². The quantitative estimate of drug-likeness (QED) is 0.877. The van der Waals surface area contributed by atoms with E-state index in [-0.39, 0.29) is 0 Å². The molecular formula is C15H19N3O2. The van der Waals surface area contributed by atoms with Crippen molar-refractivity contribution in [1.82, 2.24) is 9.97 Å². The molecule has 0 bridgehead atoms. The van der Waals surface area contributed by atoms with Gasteiger partial charge in [0.2, 0.25) is 5.88 Å². The van der Waals surface area contributed by atoms with Crippen molar-refractivity contribution in [3.63, 3.8) is 0 Å². The summed E-state index contributed by atoms with van der Waals surface area (Å²) in [6.07, 6.45) is 0. The monoisotopic (exact) mass is 273 g/mol. The Morgan fingerprint density at radius 1 is 1.20 bits per heavy atom. The molecule has 1 aromatic heterocycles. The fraction of sp³-hybridized carbons (Fsp3) is 0.333. The summed E-state index contributed by atoms with van der Waals surface area (Å²) < 4.78 is 10.9. The minimum absolute atomic E-state index is 0.444. The molecule has 0 unspecified atom stereocenters. The highest BCUT2D eigenvalue weighted by Crippen LogP contribution is 2.17. The van der Waals surface area contributed by atoms with Crippen molar-refractivity contribution in [2.45, 2.75) is 20.5 Å². The number of benzene rings is 1. The van der Waals surface area contributed by atoms with Crippen molar-refractivity contribution in [2.75, 3.05) is 19.0 Å². The highest BCUT2D eigenvalue weighted by Gasteiger charge is 2.03. The smallest absolute Gasteiger partial charge is 0.219 e. The lowest BCUT2D eigenvalue weighted by atomic mass is 10.2. The van der Waals surface area contributed by atoms with Crippen molar-refractivity contribution < 1.29 is 9.47 Å². The van der Waals surface area contributed by atoms with E-state index in [1.54, 1.807) is 13.2 Å². The fourth-order valence-corrected chi connectivity index (χ4v) is 1.81. The molecule has 20 heavy (non-hydrogen) atoms. The molecule has 0 aliphatic heterocycles. The Bertz CT molecular complexity index is 573. The summed E-state index contributed by atoms with van der Waals surface area (Å²) in [6.45, 7) is 5.12. The molecule has 2 aromatic rings. The van der Waals surface area contributed by atoms with Crippen LogP contribution in [0.4, 0.5) is 5.82 Å². The molecule has 0 atom stereocenters. The Hall–Kier alpha value is -2.30. The molecule has 0 spiro atoms. The topological polar surface area (TPSA) is 56.3 Å². The maximum absolute atomic E-state index is 5.71. The van der Waals surface area contributed by atoms with Crippen molar-refractivity contribution in [2.24, 2.45) is 0 Å². The lowest BCUT2D eigenvalue weighted by Crippen LogP contribution is -2.04. The molecule has 0 amide bonds. The average molecular weight is 273 g/mol. The van der Waals surface area contributed by atoms with Crippen LogP contribution >= 0.6 is 0 Å². The summed E-state index contributed by atoms with van der Waals surface area (Å²) in [6, 6.07) is 9.58. The van der Waals surface area contributed by atoms with Gasteiger partial charge >= 0.3 is 0 Å². The van der Waals surface area contributed by atoms with Gasteiger partial charge in [-0.2, -0.15) is 4.98 Å². The fourth-order valence-electron chi connectivity index (χ4n) is 1.81. The van der Waals surface area contributed by atoms with E-state index in [4.69, 9.17) is 9.47 Å². The van der Waals surface area contributed by atoms with E-state index in [0.29, 0.717) is 18.3 Å². The molecule has 0 saturated carbocycles. The van der Waals surface area contributed by atoms with Crippen LogP contribution in [0.1, 0.15) is 18.3 Å². The van der Waals surface area contributed by atoms with Crippen LogP contribution in [0.15, 0.2) is 30.3 Å². The minimum Gasteiger partial charge on any atom is -0.497 e. The summed E-state index contributed by atoms with van der Waals surface area (Å²) in [5.41, 5.74) is 1.03. The standard InChI is InChI=1S/C15H19N3O2/c1-4-16-14-9-15(18-11(2)17-14)20-10-12-6-5-7-13(8-12)19-3/h5-9H,4,10H2,1-3H3,(H,16,17,18). The Kier molecular flexibility index (Phi) is 4.76. The minimum atomic E-state index is 0.444. The molecule has 0 radical (unpaired) electrons. The van der Waals surface area contributed by atoms with E-state index >= 15 is 0 Å². The average Bonchev–Trinajstić information content (AvgIpc) is 2.45. The molecule has 1 heterocycles. The second-order valence-electron chi connectivity index (χ2n) is 4.31. The number of anilines is 1. The maximum atomic E-state index is 5.71. The third-order valence-corrected chi connectivity index (χ3v) is 2.69. The number of methoxy groups -OCH3 is 1. The number of hydrogen-bond acceptors (Lipinski definition) is 5. The number of rotatable bonds is 6. The summed E-state index contributed by atoms with van der Waals surface area (Å²) >= 11 is 0. The Balaban J connectivity index is 2.06. The lowest BCUT2D eigenvalue weighted by molar-refractivity contribution is 0.292. The van der Waals surface area contributed by atoms with Crippen LogP contribution in [-0.4, -0.2) is 23.6 Å². The molecule has 5 nitrogen and oxygen atoms in total. The van der Waals surface area contributed by atoms with Gasteiger partial charge in [0.1, 0.15) is 24.0 Å². The largest absolute Gasteiger partial charge is 0.497 e. The molecule has 1 aromatic carbocycles. The van der Waals surface area contributed by atoms with Crippen molar-refractivity contribution in [3.05, 3.63) is 41.7 Å². The van der Waals surface area contributed by atoms with E-state index in [9.17, 15) is 0 Å². The number of hydrogen-bond donors (Lipinski definition) is 1. The first kappa shape index (κ1) is 14.1. The van der Waals surface area contributed by atoms with E-state index < -0.39 is 0 Å². The second kappa shape index (κ2) is 6.75. The predicted molar refractivity (Wildman–Crippen MR) is 78.3 cm³/mol. The maximum Gasteiger partial charge on any atom is 0.219 e. The zero-order valence-corrected chi connectivity index (χ0v) is 12.0. The molecule has 2 rings (SSSR count). The van der Waals surface area contributed by atoms with Crippen LogP contribution in [0, 0.1) is 6.92 Å². The van der Waals surface area contributed by atoms with Crippen LogP contribution in [0.3, 0.4) is 0 Å². The Morgan fingerprint density at radius 2 is 2.05 bits per heavy atom. The number of ether oxygens (including phenoxy) is 2. The third-order valence-electron chi connectivity index (χ3n) is 2.69. The summed E-state index contributed by atoms with van der Waals surface area (Å²) in [7, 11) is 1.65. The van der Waals surface area contributed by atoms with E-state index in [2.05, 4.69) is 15.3 Å². The Labute approximate surface area is 119 Å². The van der Waals surface area contributed by atoms with Crippen LogP contribution in [0.25, 0.3) is 0 Å². The molecule has 0 fully saturated rings. The molecule has 0 aliphatic rings. The summed E-state index contributed by atoms with van der Waals surface area (Å²) in [4.78, 5) is 8.55. The second-order valence-corrected chi connectivity index (χ2v) is 4.31. The van der Waals surface area contributed by atoms with Gasteiger partial charge in [0.15, 0.2) is 0 Å². The number of nitrogens with zero attached hydrogens (tertiary/aromatic N) is 2. The van der Waals surface area contributed by atoms with Crippen LogP contribution < -0.4 is 14.8 Å². The first-order valence-electron chi connectivity index (χ1n) is 6.56. The molecular weight excluding hydrogens is 254 g/mol. The first-order valence-corrected chi connectivity index (χ1v) is 6.56. The molecule has 106 valence electrons. The van der Waals surface area contributed by atoms with Crippen molar-refractivity contribution in [1.29, 1.82) is 0 Å². The zero-order valence-electron chi connectivity index (χ0n) is 12.0. The van der Waals surface area contributed by atoms with Crippen LogP contribution in [0.2, 0.25) is 0 Å². The van der Waals surface area contributed by atoms with Gasteiger partial charge in [-0.3, -0.25) is 0 Å². The van der Waals surface area contributed by atoms with Gasteiger partial charge < -0.3 is 14.8 Å². The summed E-state index contributed by atoms with van der Waals surface area (Å²) in [5.74, 6) is 2.85. The molecule has 1 N–H and O–H groups in total. The van der Waals surface area contributed by atoms with Crippen molar-refractivity contribution >= 4 is 5.82 Å². The zero-order chi connectivity index (χ0) is 14.4. The van der Waals surface area contributed by atoms with E-state index in [1.807, 2.05) is 38.1 Å². The normalized spacial score (nSPS) is 10.2. The predicted octanol–water partition coefficient (Wildman–Crippen LogP) is 2.80. The van der Waals surface area contributed by atoms with Crippen LogP contribution in [0.5, 0.6) is 11.6 Å². The highest BCUT2D eigenvalue weighted by molar-refractivity contribution is 5.38. The third kappa shape index (κ3) is 3.85. The van der Waals surface area contributed by atoms with Gasteiger partial charge in [-0.1, -0.05) is 12.1 Å².